The van der Waals surface area contributed by atoms with Crippen molar-refractivity contribution in [3.63, 3.8) is 0 Å². The number of carbonyl (C=O) groups is 2. The number of amides is 2. The van der Waals surface area contributed by atoms with Gasteiger partial charge in [0.1, 0.15) is 11.5 Å². The van der Waals surface area contributed by atoms with Crippen molar-refractivity contribution in [3.8, 4) is 11.5 Å². The van der Waals surface area contributed by atoms with Gasteiger partial charge in [0.15, 0.2) is 0 Å². The molecule has 1 aliphatic rings. The molecule has 0 aromatic heterocycles. The molecule has 0 radical (unpaired) electrons. The lowest BCUT2D eigenvalue weighted by Crippen LogP contribution is -2.47. The van der Waals surface area contributed by atoms with Crippen molar-refractivity contribution in [2.75, 3.05) is 55.5 Å². The molecule has 1 heterocycles. The molecule has 1 fully saturated rings. The molecule has 0 spiro atoms. The van der Waals surface area contributed by atoms with Crippen LogP contribution >= 0.6 is 0 Å². The van der Waals surface area contributed by atoms with E-state index in [0.29, 0.717) is 11.3 Å². The lowest BCUT2D eigenvalue weighted by atomic mass is 10.1. The summed E-state index contributed by atoms with van der Waals surface area (Å²) in [5, 5.41) is 5.95. The Morgan fingerprint density at radius 1 is 0.842 bits per heavy atom. The van der Waals surface area contributed by atoms with E-state index in [1.807, 2.05) is 68.4 Å². The van der Waals surface area contributed by atoms with E-state index >= 15 is 0 Å². The highest BCUT2D eigenvalue weighted by molar-refractivity contribution is 6.02. The van der Waals surface area contributed by atoms with Crippen molar-refractivity contribution in [2.24, 2.45) is 0 Å². The van der Waals surface area contributed by atoms with Crippen LogP contribution in [0.25, 0.3) is 0 Å². The third-order valence-electron chi connectivity index (χ3n) is 6.51. The van der Waals surface area contributed by atoms with Crippen LogP contribution in [0.2, 0.25) is 0 Å². The van der Waals surface area contributed by atoms with Gasteiger partial charge in [0.2, 0.25) is 5.91 Å². The predicted octanol–water partition coefficient (Wildman–Crippen LogP) is 4.35. The smallest absolute Gasteiger partial charge is 0.253 e. The van der Waals surface area contributed by atoms with Crippen LogP contribution in [0.1, 0.15) is 29.8 Å². The SMILES string of the molecule is COc1ccc(CC(=O)Nc2ccc(N3CCN(c4ccccc4OC)CC3)c(C(=O)NC(C)C)c2)cc1. The molecule has 2 N–H and O–H groups in total. The van der Waals surface area contributed by atoms with E-state index < -0.39 is 0 Å². The minimum atomic E-state index is -0.159. The zero-order valence-electron chi connectivity index (χ0n) is 22.5. The molecule has 8 heteroatoms. The van der Waals surface area contributed by atoms with Crippen molar-refractivity contribution in [1.82, 2.24) is 5.32 Å². The van der Waals surface area contributed by atoms with Crippen LogP contribution in [0.5, 0.6) is 11.5 Å². The van der Waals surface area contributed by atoms with Gasteiger partial charge in [-0.3, -0.25) is 9.59 Å². The van der Waals surface area contributed by atoms with Crippen LogP contribution in [0, 0.1) is 0 Å². The average molecular weight is 517 g/mol. The summed E-state index contributed by atoms with van der Waals surface area (Å²) >= 11 is 0. The number of carbonyl (C=O) groups excluding carboxylic acids is 2. The summed E-state index contributed by atoms with van der Waals surface area (Å²) in [7, 11) is 3.30. The Labute approximate surface area is 224 Å². The normalized spacial score (nSPS) is 13.3. The first-order chi connectivity index (χ1) is 18.4. The topological polar surface area (TPSA) is 83.1 Å². The van der Waals surface area contributed by atoms with Crippen LogP contribution < -0.4 is 29.9 Å². The van der Waals surface area contributed by atoms with Crippen LogP contribution in [-0.4, -0.2) is 58.3 Å². The summed E-state index contributed by atoms with van der Waals surface area (Å²) in [5.41, 5.74) is 3.95. The molecular formula is C30H36N4O4. The molecule has 38 heavy (non-hydrogen) atoms. The van der Waals surface area contributed by atoms with E-state index in [1.165, 1.54) is 0 Å². The second kappa shape index (κ2) is 12.4. The molecule has 0 aliphatic carbocycles. The van der Waals surface area contributed by atoms with Crippen molar-refractivity contribution in [2.45, 2.75) is 26.3 Å². The standard InChI is InChI=1S/C30H36N4O4/c1-21(2)31-30(36)25-20-23(32-29(35)19-22-9-12-24(37-3)13-10-22)11-14-26(25)33-15-17-34(18-16-33)27-7-5-6-8-28(27)38-4/h5-14,20-21H,15-19H2,1-4H3,(H,31,36)(H,32,35). The van der Waals surface area contributed by atoms with Crippen molar-refractivity contribution < 1.29 is 19.1 Å². The van der Waals surface area contributed by atoms with Gasteiger partial charge in [-0.25, -0.2) is 0 Å². The number of hydrogen-bond acceptors (Lipinski definition) is 6. The third kappa shape index (κ3) is 6.56. The molecule has 3 aromatic carbocycles. The molecule has 2 amide bonds. The number of nitrogens with one attached hydrogen (secondary N) is 2. The maximum Gasteiger partial charge on any atom is 0.253 e. The summed E-state index contributed by atoms with van der Waals surface area (Å²) < 4.78 is 10.7. The van der Waals surface area contributed by atoms with Gasteiger partial charge >= 0.3 is 0 Å². The van der Waals surface area contributed by atoms with Gasteiger partial charge in [0, 0.05) is 43.6 Å². The van der Waals surface area contributed by atoms with Gasteiger partial charge in [0.25, 0.3) is 5.91 Å². The van der Waals surface area contributed by atoms with Crippen molar-refractivity contribution >= 4 is 28.9 Å². The molecule has 1 saturated heterocycles. The lowest BCUT2D eigenvalue weighted by Gasteiger charge is -2.38. The van der Waals surface area contributed by atoms with E-state index in [0.717, 1.165) is 54.6 Å². The highest BCUT2D eigenvalue weighted by Crippen LogP contribution is 2.31. The Morgan fingerprint density at radius 2 is 1.50 bits per heavy atom. The molecule has 0 saturated carbocycles. The lowest BCUT2D eigenvalue weighted by molar-refractivity contribution is -0.115. The Hall–Kier alpha value is -4.20. The maximum absolute atomic E-state index is 13.2. The number of piperazine rings is 1. The first-order valence-electron chi connectivity index (χ1n) is 12.9. The van der Waals surface area contributed by atoms with Gasteiger partial charge in [-0.1, -0.05) is 24.3 Å². The average Bonchev–Trinajstić information content (AvgIpc) is 2.93. The highest BCUT2D eigenvalue weighted by atomic mass is 16.5. The van der Waals surface area contributed by atoms with Gasteiger partial charge in [-0.05, 0) is 61.9 Å². The fourth-order valence-corrected chi connectivity index (χ4v) is 4.62. The summed E-state index contributed by atoms with van der Waals surface area (Å²) in [6.45, 7) is 6.97. The van der Waals surface area contributed by atoms with E-state index in [1.54, 1.807) is 20.3 Å². The fourth-order valence-electron chi connectivity index (χ4n) is 4.62. The van der Waals surface area contributed by atoms with Crippen molar-refractivity contribution in [1.29, 1.82) is 0 Å². The zero-order chi connectivity index (χ0) is 27.1. The van der Waals surface area contributed by atoms with Crippen LogP contribution in [0.15, 0.2) is 66.7 Å². The minimum absolute atomic E-state index is 0.00828. The van der Waals surface area contributed by atoms with Crippen LogP contribution in [0.4, 0.5) is 17.1 Å². The molecule has 0 bridgehead atoms. The number of benzene rings is 3. The molecule has 0 unspecified atom stereocenters. The fraction of sp³-hybridized carbons (Fsp3) is 0.333. The number of para-hydroxylation sites is 2. The van der Waals surface area contributed by atoms with Crippen LogP contribution in [-0.2, 0) is 11.2 Å². The van der Waals surface area contributed by atoms with Gasteiger partial charge in [-0.2, -0.15) is 0 Å². The first kappa shape index (κ1) is 26.9. The number of hydrogen-bond donors (Lipinski definition) is 2. The quantitative estimate of drug-likeness (QED) is 0.440. The Bertz CT molecular complexity index is 1250. The highest BCUT2D eigenvalue weighted by Gasteiger charge is 2.24. The second-order valence-corrected chi connectivity index (χ2v) is 9.58. The summed E-state index contributed by atoms with van der Waals surface area (Å²) in [5.74, 6) is 1.29. The summed E-state index contributed by atoms with van der Waals surface area (Å²) in [6, 6.07) is 21.0. The maximum atomic E-state index is 13.2. The zero-order valence-corrected chi connectivity index (χ0v) is 22.5. The monoisotopic (exact) mass is 516 g/mol. The number of methoxy groups -OCH3 is 2. The number of nitrogens with zero attached hydrogens (tertiary/aromatic N) is 2. The van der Waals surface area contributed by atoms with Gasteiger partial charge in [0.05, 0.1) is 31.9 Å². The summed E-state index contributed by atoms with van der Waals surface area (Å²) in [4.78, 5) is 30.5. The predicted molar refractivity (Wildman–Crippen MR) is 152 cm³/mol. The number of ether oxygens (including phenoxy) is 2. The summed E-state index contributed by atoms with van der Waals surface area (Å²) in [6.07, 6.45) is 0.226. The Morgan fingerprint density at radius 3 is 2.13 bits per heavy atom. The molecule has 0 atom stereocenters. The minimum Gasteiger partial charge on any atom is -0.497 e. The molecule has 200 valence electrons. The van der Waals surface area contributed by atoms with Gasteiger partial charge < -0.3 is 29.9 Å². The van der Waals surface area contributed by atoms with E-state index in [2.05, 4.69) is 26.5 Å². The third-order valence-corrected chi connectivity index (χ3v) is 6.51. The number of rotatable bonds is 9. The molecule has 8 nitrogen and oxygen atoms in total. The molecule has 4 rings (SSSR count). The molecule has 1 aliphatic heterocycles. The number of anilines is 3. The van der Waals surface area contributed by atoms with Crippen LogP contribution in [0.3, 0.4) is 0 Å². The molecule has 3 aromatic rings. The van der Waals surface area contributed by atoms with E-state index in [4.69, 9.17) is 9.47 Å². The van der Waals surface area contributed by atoms with E-state index in [9.17, 15) is 9.59 Å². The molecular weight excluding hydrogens is 480 g/mol. The Kier molecular flexibility index (Phi) is 8.73. The largest absolute Gasteiger partial charge is 0.497 e. The Balaban J connectivity index is 1.49. The van der Waals surface area contributed by atoms with Gasteiger partial charge in [-0.15, -0.1) is 0 Å². The second-order valence-electron chi connectivity index (χ2n) is 9.58. The first-order valence-corrected chi connectivity index (χ1v) is 12.9. The van der Waals surface area contributed by atoms with E-state index in [-0.39, 0.29) is 24.3 Å². The van der Waals surface area contributed by atoms with Crippen molar-refractivity contribution in [3.05, 3.63) is 77.9 Å².